The second-order valence-corrected chi connectivity index (χ2v) is 5.05. The number of para-hydroxylation sites is 1. The molecule has 1 aliphatic carbocycles. The van der Waals surface area contributed by atoms with Gasteiger partial charge in [0.1, 0.15) is 5.75 Å². The van der Waals surface area contributed by atoms with Gasteiger partial charge in [0.2, 0.25) is 0 Å². The molecule has 6 nitrogen and oxygen atoms in total. The third-order valence-corrected chi connectivity index (χ3v) is 3.61. The predicted octanol–water partition coefficient (Wildman–Crippen LogP) is 2.06. The van der Waals surface area contributed by atoms with Crippen molar-refractivity contribution < 1.29 is 9.53 Å². The number of amides is 1. The van der Waals surface area contributed by atoms with Crippen LogP contribution in [0.15, 0.2) is 29.4 Å². The quantitative estimate of drug-likeness (QED) is 0.655. The number of carbonyl (C=O) groups is 1. The van der Waals surface area contributed by atoms with E-state index in [0.717, 1.165) is 41.8 Å². The van der Waals surface area contributed by atoms with Gasteiger partial charge in [-0.25, -0.2) is 5.43 Å². The van der Waals surface area contributed by atoms with Crippen LogP contribution in [0.3, 0.4) is 0 Å². The SMILES string of the molecule is CCOc1ccccc1C=NNC(=O)c1n[nH]c2c1CCC2. The van der Waals surface area contributed by atoms with Gasteiger partial charge in [0, 0.05) is 16.8 Å². The molecule has 0 fully saturated rings. The topological polar surface area (TPSA) is 79.4 Å². The van der Waals surface area contributed by atoms with Crippen LogP contribution in [0.5, 0.6) is 5.75 Å². The summed E-state index contributed by atoms with van der Waals surface area (Å²) in [5.74, 6) is 0.452. The molecule has 0 saturated carbocycles. The van der Waals surface area contributed by atoms with Crippen LogP contribution >= 0.6 is 0 Å². The van der Waals surface area contributed by atoms with Crippen LogP contribution in [-0.2, 0) is 12.8 Å². The minimum Gasteiger partial charge on any atom is -0.493 e. The lowest BCUT2D eigenvalue weighted by atomic mass is 10.2. The number of rotatable bonds is 5. The number of aryl methyl sites for hydroxylation is 1. The molecule has 114 valence electrons. The van der Waals surface area contributed by atoms with Crippen LogP contribution in [0.4, 0.5) is 0 Å². The molecule has 1 amide bonds. The fourth-order valence-electron chi connectivity index (χ4n) is 2.59. The third kappa shape index (κ3) is 2.86. The molecule has 2 aromatic rings. The molecule has 0 atom stereocenters. The summed E-state index contributed by atoms with van der Waals surface area (Å²) in [5.41, 5.74) is 5.87. The summed E-state index contributed by atoms with van der Waals surface area (Å²) in [6.07, 6.45) is 4.50. The summed E-state index contributed by atoms with van der Waals surface area (Å²) in [6.45, 7) is 2.50. The Hall–Kier alpha value is -2.63. The van der Waals surface area contributed by atoms with E-state index in [0.29, 0.717) is 12.3 Å². The summed E-state index contributed by atoms with van der Waals surface area (Å²) in [7, 11) is 0. The molecule has 0 unspecified atom stereocenters. The molecular formula is C16H18N4O2. The predicted molar refractivity (Wildman–Crippen MR) is 83.3 cm³/mol. The van der Waals surface area contributed by atoms with E-state index in [9.17, 15) is 4.79 Å². The van der Waals surface area contributed by atoms with Gasteiger partial charge in [-0.2, -0.15) is 10.2 Å². The number of ether oxygens (including phenoxy) is 1. The van der Waals surface area contributed by atoms with Gasteiger partial charge in [-0.15, -0.1) is 0 Å². The monoisotopic (exact) mass is 298 g/mol. The zero-order chi connectivity index (χ0) is 15.4. The Morgan fingerprint density at radius 3 is 3.18 bits per heavy atom. The Morgan fingerprint density at radius 2 is 2.32 bits per heavy atom. The highest BCUT2D eigenvalue weighted by atomic mass is 16.5. The number of nitrogens with zero attached hydrogens (tertiary/aromatic N) is 2. The van der Waals surface area contributed by atoms with Crippen LogP contribution in [0.1, 0.15) is 40.7 Å². The molecule has 22 heavy (non-hydrogen) atoms. The number of fused-ring (bicyclic) bond motifs is 1. The first-order valence-corrected chi connectivity index (χ1v) is 7.41. The number of carbonyl (C=O) groups excluding carboxylic acids is 1. The minimum atomic E-state index is -0.287. The van der Waals surface area contributed by atoms with E-state index in [4.69, 9.17) is 4.74 Å². The number of benzene rings is 1. The lowest BCUT2D eigenvalue weighted by Crippen LogP contribution is -2.19. The van der Waals surface area contributed by atoms with Crippen LogP contribution in [0.2, 0.25) is 0 Å². The smallest absolute Gasteiger partial charge is 0.292 e. The number of hydrogen-bond donors (Lipinski definition) is 2. The molecule has 1 aromatic carbocycles. The summed E-state index contributed by atoms with van der Waals surface area (Å²) in [4.78, 5) is 12.1. The second-order valence-electron chi connectivity index (χ2n) is 5.05. The Bertz CT molecular complexity index is 706. The molecule has 1 heterocycles. The molecular weight excluding hydrogens is 280 g/mol. The average molecular weight is 298 g/mol. The largest absolute Gasteiger partial charge is 0.493 e. The van der Waals surface area contributed by atoms with Crippen molar-refractivity contribution in [2.45, 2.75) is 26.2 Å². The first kappa shape index (κ1) is 14.3. The molecule has 2 N–H and O–H groups in total. The van der Waals surface area contributed by atoms with Gasteiger partial charge in [0.25, 0.3) is 5.91 Å². The summed E-state index contributed by atoms with van der Waals surface area (Å²) >= 11 is 0. The first-order chi connectivity index (χ1) is 10.8. The molecule has 6 heteroatoms. The lowest BCUT2D eigenvalue weighted by Gasteiger charge is -2.05. The van der Waals surface area contributed by atoms with E-state index in [1.54, 1.807) is 6.21 Å². The van der Waals surface area contributed by atoms with Gasteiger partial charge in [-0.05, 0) is 38.3 Å². The maximum absolute atomic E-state index is 12.1. The van der Waals surface area contributed by atoms with Gasteiger partial charge >= 0.3 is 0 Å². The zero-order valence-electron chi connectivity index (χ0n) is 12.4. The van der Waals surface area contributed by atoms with E-state index < -0.39 is 0 Å². The number of aromatic amines is 1. The van der Waals surface area contributed by atoms with Crippen molar-refractivity contribution in [3.05, 3.63) is 46.8 Å². The van der Waals surface area contributed by atoms with Gasteiger partial charge in [0.05, 0.1) is 12.8 Å². The van der Waals surface area contributed by atoms with Crippen molar-refractivity contribution in [3.63, 3.8) is 0 Å². The second kappa shape index (κ2) is 6.43. The van der Waals surface area contributed by atoms with Gasteiger partial charge in [0.15, 0.2) is 5.69 Å². The van der Waals surface area contributed by atoms with Crippen molar-refractivity contribution in [2.24, 2.45) is 5.10 Å². The Morgan fingerprint density at radius 1 is 1.45 bits per heavy atom. The molecule has 0 radical (unpaired) electrons. The zero-order valence-corrected chi connectivity index (χ0v) is 12.4. The van der Waals surface area contributed by atoms with E-state index in [2.05, 4.69) is 20.7 Å². The van der Waals surface area contributed by atoms with Gasteiger partial charge < -0.3 is 4.74 Å². The number of hydrogen-bond acceptors (Lipinski definition) is 4. The van der Waals surface area contributed by atoms with Crippen molar-refractivity contribution in [1.82, 2.24) is 15.6 Å². The fraction of sp³-hybridized carbons (Fsp3) is 0.312. The lowest BCUT2D eigenvalue weighted by molar-refractivity contribution is 0.0949. The molecule has 0 saturated heterocycles. The Kier molecular flexibility index (Phi) is 4.18. The van der Waals surface area contributed by atoms with Gasteiger partial charge in [-0.1, -0.05) is 12.1 Å². The molecule has 1 aromatic heterocycles. The fourth-order valence-corrected chi connectivity index (χ4v) is 2.59. The van der Waals surface area contributed by atoms with E-state index >= 15 is 0 Å². The summed E-state index contributed by atoms with van der Waals surface area (Å²) in [5, 5.41) is 11.0. The van der Waals surface area contributed by atoms with Crippen molar-refractivity contribution in [2.75, 3.05) is 6.61 Å². The summed E-state index contributed by atoms with van der Waals surface area (Å²) in [6, 6.07) is 7.54. The average Bonchev–Trinajstić information content (AvgIpc) is 3.12. The van der Waals surface area contributed by atoms with Crippen molar-refractivity contribution >= 4 is 12.1 Å². The number of hydrazone groups is 1. The van der Waals surface area contributed by atoms with Gasteiger partial charge in [-0.3, -0.25) is 9.89 Å². The van der Waals surface area contributed by atoms with E-state index in [1.165, 1.54) is 0 Å². The summed E-state index contributed by atoms with van der Waals surface area (Å²) < 4.78 is 5.51. The highest BCUT2D eigenvalue weighted by molar-refractivity contribution is 5.95. The third-order valence-electron chi connectivity index (χ3n) is 3.61. The molecule has 0 aliphatic heterocycles. The van der Waals surface area contributed by atoms with E-state index in [1.807, 2.05) is 31.2 Å². The molecule has 0 bridgehead atoms. The maximum atomic E-state index is 12.1. The first-order valence-electron chi connectivity index (χ1n) is 7.41. The van der Waals surface area contributed by atoms with Crippen LogP contribution in [-0.4, -0.2) is 28.9 Å². The van der Waals surface area contributed by atoms with Crippen LogP contribution in [0.25, 0.3) is 0 Å². The standard InChI is InChI=1S/C16H18N4O2/c1-2-22-14-9-4-3-6-11(14)10-17-20-16(21)15-12-7-5-8-13(12)18-19-15/h3-4,6,9-10H,2,5,7-8H2,1H3,(H,18,19)(H,20,21). The Balaban J connectivity index is 1.68. The van der Waals surface area contributed by atoms with Crippen molar-refractivity contribution in [3.8, 4) is 5.75 Å². The highest BCUT2D eigenvalue weighted by Gasteiger charge is 2.22. The Labute approximate surface area is 128 Å². The van der Waals surface area contributed by atoms with Crippen LogP contribution in [0, 0.1) is 0 Å². The highest BCUT2D eigenvalue weighted by Crippen LogP contribution is 2.22. The number of aromatic nitrogens is 2. The normalized spacial score (nSPS) is 13.3. The number of nitrogens with one attached hydrogen (secondary N) is 2. The minimum absolute atomic E-state index is 0.287. The molecule has 1 aliphatic rings. The maximum Gasteiger partial charge on any atom is 0.292 e. The van der Waals surface area contributed by atoms with Crippen molar-refractivity contribution in [1.29, 1.82) is 0 Å². The van der Waals surface area contributed by atoms with Crippen LogP contribution < -0.4 is 10.2 Å². The van der Waals surface area contributed by atoms with E-state index in [-0.39, 0.29) is 5.91 Å². The molecule has 3 rings (SSSR count). The number of H-pyrrole nitrogens is 1. The molecule has 0 spiro atoms.